The number of hydrogen-bond donors (Lipinski definition) is 4. The molecule has 0 saturated carbocycles. The first-order valence-corrected chi connectivity index (χ1v) is 8.98. The fourth-order valence-corrected chi connectivity index (χ4v) is 2.54. The normalized spacial score (nSPS) is 10.2. The lowest BCUT2D eigenvalue weighted by atomic mass is 10.2. The molecule has 144 valence electrons. The number of carbonyl (C=O) groups is 1. The molecule has 0 aliphatic rings. The maximum absolute atomic E-state index is 12.0. The zero-order valence-corrected chi connectivity index (χ0v) is 15.9. The van der Waals surface area contributed by atoms with Gasteiger partial charge in [-0.15, -0.1) is 0 Å². The number of nitrogens with zero attached hydrogens (tertiary/aromatic N) is 3. The van der Waals surface area contributed by atoms with Crippen molar-refractivity contribution in [3.05, 3.63) is 66.1 Å². The highest BCUT2D eigenvalue weighted by Crippen LogP contribution is 2.15. The third-order valence-electron chi connectivity index (χ3n) is 3.87. The number of pyridine rings is 1. The first-order chi connectivity index (χ1) is 13.6. The second-order valence-electron chi connectivity index (χ2n) is 6.15. The van der Waals surface area contributed by atoms with E-state index in [2.05, 4.69) is 36.2 Å². The number of rotatable bonds is 7. The third kappa shape index (κ3) is 5.66. The van der Waals surface area contributed by atoms with Gasteiger partial charge >= 0.3 is 6.03 Å². The molecule has 0 atom stereocenters. The minimum absolute atomic E-state index is 0.243. The van der Waals surface area contributed by atoms with Gasteiger partial charge in [-0.3, -0.25) is 0 Å². The van der Waals surface area contributed by atoms with Crippen LogP contribution in [0.3, 0.4) is 0 Å². The fraction of sp³-hybridized carbons (Fsp3) is 0.200. The molecule has 0 fully saturated rings. The summed E-state index contributed by atoms with van der Waals surface area (Å²) in [6.45, 7) is 4.75. The number of carbonyl (C=O) groups excluding carboxylic acids is 1. The number of anilines is 4. The minimum atomic E-state index is -0.243. The van der Waals surface area contributed by atoms with Crippen LogP contribution in [0.2, 0.25) is 0 Å². The van der Waals surface area contributed by atoms with Crippen molar-refractivity contribution in [2.75, 3.05) is 29.0 Å². The number of aryl methyl sites for hydroxylation is 2. The van der Waals surface area contributed by atoms with Crippen molar-refractivity contribution in [3.8, 4) is 0 Å². The zero-order valence-electron chi connectivity index (χ0n) is 15.9. The minimum Gasteiger partial charge on any atom is -0.368 e. The summed E-state index contributed by atoms with van der Waals surface area (Å²) < 4.78 is 0. The number of urea groups is 1. The van der Waals surface area contributed by atoms with E-state index in [0.29, 0.717) is 36.4 Å². The second kappa shape index (κ2) is 9.31. The van der Waals surface area contributed by atoms with Crippen LogP contribution < -0.4 is 21.3 Å². The number of nitrogens with one attached hydrogen (secondary N) is 4. The van der Waals surface area contributed by atoms with Crippen molar-refractivity contribution < 1.29 is 4.79 Å². The van der Waals surface area contributed by atoms with Gasteiger partial charge in [-0.1, -0.05) is 24.3 Å². The van der Waals surface area contributed by atoms with Crippen LogP contribution >= 0.6 is 0 Å². The molecule has 0 radical (unpaired) electrons. The zero-order chi connectivity index (χ0) is 19.8. The summed E-state index contributed by atoms with van der Waals surface area (Å²) in [6, 6.07) is 14.8. The lowest BCUT2D eigenvalue weighted by Crippen LogP contribution is -2.33. The highest BCUT2D eigenvalue weighted by atomic mass is 16.2. The van der Waals surface area contributed by atoms with Crippen LogP contribution in [0, 0.1) is 13.8 Å². The second-order valence-corrected chi connectivity index (χ2v) is 6.15. The molecule has 8 heteroatoms. The van der Waals surface area contributed by atoms with Crippen LogP contribution in [0.1, 0.15) is 11.4 Å². The molecular formula is C20H23N7O. The van der Waals surface area contributed by atoms with Crippen LogP contribution in [0.15, 0.2) is 54.7 Å². The summed E-state index contributed by atoms with van der Waals surface area (Å²) in [5.41, 5.74) is 1.81. The summed E-state index contributed by atoms with van der Waals surface area (Å²) in [7, 11) is 0. The van der Waals surface area contributed by atoms with Crippen molar-refractivity contribution >= 4 is 29.2 Å². The van der Waals surface area contributed by atoms with E-state index in [1.54, 1.807) is 12.3 Å². The topological polar surface area (TPSA) is 104 Å². The fourth-order valence-electron chi connectivity index (χ4n) is 2.54. The Morgan fingerprint density at radius 3 is 2.50 bits per heavy atom. The van der Waals surface area contributed by atoms with E-state index in [1.807, 2.05) is 56.3 Å². The van der Waals surface area contributed by atoms with Gasteiger partial charge < -0.3 is 21.3 Å². The van der Waals surface area contributed by atoms with E-state index >= 15 is 0 Å². The molecule has 0 bridgehead atoms. The molecule has 3 aromatic rings. The van der Waals surface area contributed by atoms with Gasteiger partial charge in [0.25, 0.3) is 0 Å². The van der Waals surface area contributed by atoms with E-state index in [1.165, 1.54) is 0 Å². The first kappa shape index (κ1) is 19.1. The van der Waals surface area contributed by atoms with Crippen molar-refractivity contribution in [1.29, 1.82) is 0 Å². The van der Waals surface area contributed by atoms with Gasteiger partial charge in [0.15, 0.2) is 0 Å². The molecule has 3 rings (SSSR count). The number of benzene rings is 1. The number of amides is 2. The van der Waals surface area contributed by atoms with Gasteiger partial charge in [0.1, 0.15) is 23.3 Å². The van der Waals surface area contributed by atoms with Gasteiger partial charge in [0.05, 0.1) is 0 Å². The maximum atomic E-state index is 12.0. The summed E-state index contributed by atoms with van der Waals surface area (Å²) in [5.74, 6) is 2.67. The molecular weight excluding hydrogens is 354 g/mol. The van der Waals surface area contributed by atoms with Gasteiger partial charge in [-0.25, -0.2) is 19.7 Å². The molecule has 0 unspecified atom stereocenters. The Labute approximate surface area is 163 Å². The van der Waals surface area contributed by atoms with Gasteiger partial charge in [0.2, 0.25) is 0 Å². The highest BCUT2D eigenvalue weighted by molar-refractivity contribution is 5.90. The van der Waals surface area contributed by atoms with Gasteiger partial charge in [-0.2, -0.15) is 0 Å². The Balaban J connectivity index is 1.48. The van der Waals surface area contributed by atoms with Crippen molar-refractivity contribution in [1.82, 2.24) is 20.3 Å². The Hall–Kier alpha value is -3.68. The van der Waals surface area contributed by atoms with Crippen molar-refractivity contribution in [3.63, 3.8) is 0 Å². The van der Waals surface area contributed by atoms with Crippen LogP contribution in [-0.4, -0.2) is 34.1 Å². The lowest BCUT2D eigenvalue weighted by molar-refractivity contribution is 0.252. The lowest BCUT2D eigenvalue weighted by Gasteiger charge is -2.11. The van der Waals surface area contributed by atoms with E-state index in [-0.39, 0.29) is 6.03 Å². The van der Waals surface area contributed by atoms with Crippen molar-refractivity contribution in [2.24, 2.45) is 0 Å². The summed E-state index contributed by atoms with van der Waals surface area (Å²) in [4.78, 5) is 24.9. The molecule has 0 saturated heterocycles. The highest BCUT2D eigenvalue weighted by Gasteiger charge is 2.05. The maximum Gasteiger partial charge on any atom is 0.319 e. The first-order valence-electron chi connectivity index (χ1n) is 8.98. The van der Waals surface area contributed by atoms with Gasteiger partial charge in [-0.05, 0) is 37.6 Å². The van der Waals surface area contributed by atoms with E-state index in [0.717, 1.165) is 11.3 Å². The van der Waals surface area contributed by atoms with E-state index < -0.39 is 0 Å². The van der Waals surface area contributed by atoms with Crippen LogP contribution in [0.4, 0.5) is 27.9 Å². The smallest absolute Gasteiger partial charge is 0.319 e. The Morgan fingerprint density at radius 1 is 0.929 bits per heavy atom. The number of para-hydroxylation sites is 1. The quantitative estimate of drug-likeness (QED) is 0.470. The Morgan fingerprint density at radius 2 is 1.71 bits per heavy atom. The molecule has 28 heavy (non-hydrogen) atoms. The average molecular weight is 377 g/mol. The molecule has 2 amide bonds. The number of aromatic nitrogens is 3. The van der Waals surface area contributed by atoms with Crippen molar-refractivity contribution in [2.45, 2.75) is 13.8 Å². The monoisotopic (exact) mass is 377 g/mol. The molecule has 8 nitrogen and oxygen atoms in total. The average Bonchev–Trinajstić information content (AvgIpc) is 2.67. The van der Waals surface area contributed by atoms with E-state index in [9.17, 15) is 4.79 Å². The van der Waals surface area contributed by atoms with E-state index in [4.69, 9.17) is 0 Å². The Kier molecular flexibility index (Phi) is 6.35. The SMILES string of the molecule is Cc1nc(NCCNC(=O)Nc2ccccc2C)cc(Nc2ccccn2)n1. The predicted molar refractivity (Wildman–Crippen MR) is 111 cm³/mol. The molecule has 2 aromatic heterocycles. The van der Waals surface area contributed by atoms with Crippen LogP contribution in [0.5, 0.6) is 0 Å². The molecule has 2 heterocycles. The molecule has 0 aliphatic heterocycles. The molecule has 4 N–H and O–H groups in total. The summed E-state index contributed by atoms with van der Waals surface area (Å²) >= 11 is 0. The van der Waals surface area contributed by atoms with Gasteiger partial charge in [0, 0.05) is 31.0 Å². The van der Waals surface area contributed by atoms with Crippen LogP contribution in [-0.2, 0) is 0 Å². The Bertz CT molecular complexity index is 931. The summed E-state index contributed by atoms with van der Waals surface area (Å²) in [6.07, 6.45) is 1.71. The standard InChI is InChI=1S/C20H23N7O/c1-14-7-3-4-8-16(14)26-20(28)23-12-11-22-18-13-19(25-15(2)24-18)27-17-9-5-6-10-21-17/h3-10,13H,11-12H2,1-2H3,(H2,23,26,28)(H2,21,22,24,25,27). The van der Waals surface area contributed by atoms with Crippen LogP contribution in [0.25, 0.3) is 0 Å². The number of hydrogen-bond acceptors (Lipinski definition) is 6. The predicted octanol–water partition coefficient (Wildman–Crippen LogP) is 3.47. The third-order valence-corrected chi connectivity index (χ3v) is 3.87. The molecule has 0 spiro atoms. The molecule has 0 aliphatic carbocycles. The molecule has 1 aromatic carbocycles. The largest absolute Gasteiger partial charge is 0.368 e. The summed E-state index contributed by atoms with van der Waals surface area (Å²) in [5, 5.41) is 12.0.